The molecule has 1 aliphatic rings. The Morgan fingerprint density at radius 2 is 2.03 bits per heavy atom. The summed E-state index contributed by atoms with van der Waals surface area (Å²) in [6.07, 6.45) is 7.61. The zero-order valence-electron chi connectivity index (χ0n) is 22.5. The predicted octanol–water partition coefficient (Wildman–Crippen LogP) is 5.93. The van der Waals surface area contributed by atoms with E-state index < -0.39 is 13.6 Å². The van der Waals surface area contributed by atoms with Crippen LogP contribution in [0.3, 0.4) is 0 Å². The fraction of sp³-hybridized carbons (Fsp3) is 0.500. The molecule has 3 heterocycles. The highest BCUT2D eigenvalue weighted by Crippen LogP contribution is 2.37. The van der Waals surface area contributed by atoms with Gasteiger partial charge in [-0.05, 0) is 37.4 Å². The smallest absolute Gasteiger partial charge is 0.220 e. The lowest BCUT2D eigenvalue weighted by Crippen LogP contribution is -2.41. The van der Waals surface area contributed by atoms with Crippen LogP contribution in [0.5, 0.6) is 0 Å². The topological polar surface area (TPSA) is 99.2 Å². The van der Waals surface area contributed by atoms with E-state index in [9.17, 15) is 14.0 Å². The molecule has 1 atom stereocenters. The van der Waals surface area contributed by atoms with Crippen molar-refractivity contribution in [1.82, 2.24) is 20.0 Å². The van der Waals surface area contributed by atoms with Gasteiger partial charge in [-0.15, -0.1) is 0 Å². The SMILES string of the molecule is C[Si](C)(C)CCOCn1cc(-c2ccccc2F)nc1C1(CCCCCC(=O)c2ccon2)CCC(=O)N1. The largest absolute Gasteiger partial charge is 0.364 e. The zero-order valence-corrected chi connectivity index (χ0v) is 23.5. The molecular weight excluding hydrogens is 503 g/mol. The molecule has 204 valence electrons. The first-order valence-electron chi connectivity index (χ1n) is 13.3. The standard InChI is InChI=1S/C28H37FN4O4Si/c1-38(2,3)18-17-36-20-33-19-24(21-9-6-7-10-22(21)29)30-27(33)28(15-12-26(35)31-28)14-8-4-5-11-25(34)23-13-16-37-32-23/h6-7,9-10,13,16,19H,4-5,8,11-12,14-15,17-18,20H2,1-3H3,(H,31,35). The molecule has 4 rings (SSSR count). The number of rotatable bonds is 14. The van der Waals surface area contributed by atoms with E-state index in [1.54, 1.807) is 24.3 Å². The molecule has 1 saturated heterocycles. The van der Waals surface area contributed by atoms with E-state index in [4.69, 9.17) is 14.2 Å². The molecule has 1 aromatic carbocycles. The van der Waals surface area contributed by atoms with Crippen LogP contribution < -0.4 is 5.32 Å². The summed E-state index contributed by atoms with van der Waals surface area (Å²) in [5.74, 6) is 0.286. The molecule has 0 bridgehead atoms. The number of unbranched alkanes of at least 4 members (excludes halogenated alkanes) is 2. The van der Waals surface area contributed by atoms with Crippen LogP contribution in [0, 0.1) is 5.82 Å². The number of benzene rings is 1. The summed E-state index contributed by atoms with van der Waals surface area (Å²) < 4.78 is 27.4. The Balaban J connectivity index is 1.51. The van der Waals surface area contributed by atoms with Crippen molar-refractivity contribution in [3.05, 3.63) is 60.1 Å². The van der Waals surface area contributed by atoms with Crippen LogP contribution in [0.15, 0.2) is 47.3 Å². The fourth-order valence-corrected chi connectivity index (χ4v) is 5.55. The Kier molecular flexibility index (Phi) is 8.94. The van der Waals surface area contributed by atoms with Crippen molar-refractivity contribution in [3.63, 3.8) is 0 Å². The second-order valence-corrected chi connectivity index (χ2v) is 16.9. The first kappa shape index (κ1) is 27.9. The monoisotopic (exact) mass is 540 g/mol. The molecule has 10 heteroatoms. The molecule has 1 N–H and O–H groups in total. The second-order valence-electron chi connectivity index (χ2n) is 11.2. The Hall–Kier alpha value is -3.11. The molecule has 0 spiro atoms. The Morgan fingerprint density at radius 1 is 1.21 bits per heavy atom. The van der Waals surface area contributed by atoms with Gasteiger partial charge in [0.15, 0.2) is 5.78 Å². The highest BCUT2D eigenvalue weighted by molar-refractivity contribution is 6.76. The molecule has 38 heavy (non-hydrogen) atoms. The number of amides is 1. The van der Waals surface area contributed by atoms with Gasteiger partial charge >= 0.3 is 0 Å². The summed E-state index contributed by atoms with van der Waals surface area (Å²) >= 11 is 0. The molecule has 1 unspecified atom stereocenters. The maximum Gasteiger partial charge on any atom is 0.220 e. The van der Waals surface area contributed by atoms with Crippen molar-refractivity contribution >= 4 is 19.8 Å². The lowest BCUT2D eigenvalue weighted by molar-refractivity contribution is -0.120. The number of carbonyl (C=O) groups is 2. The first-order valence-corrected chi connectivity index (χ1v) is 17.0. The van der Waals surface area contributed by atoms with Crippen molar-refractivity contribution in [1.29, 1.82) is 0 Å². The summed E-state index contributed by atoms with van der Waals surface area (Å²) in [6.45, 7) is 7.83. The minimum absolute atomic E-state index is 0.0205. The number of Topliss-reactive ketones (excluding diaryl/α,β-unsaturated/α-hetero) is 1. The van der Waals surface area contributed by atoms with Crippen LogP contribution in [0.4, 0.5) is 4.39 Å². The Morgan fingerprint density at radius 3 is 2.71 bits per heavy atom. The van der Waals surface area contributed by atoms with Crippen LogP contribution >= 0.6 is 0 Å². The number of ether oxygens (including phenoxy) is 1. The molecule has 0 radical (unpaired) electrons. The average Bonchev–Trinajstić information content (AvgIpc) is 3.62. The number of aromatic nitrogens is 3. The maximum absolute atomic E-state index is 14.7. The van der Waals surface area contributed by atoms with E-state index in [1.165, 1.54) is 12.3 Å². The van der Waals surface area contributed by atoms with Crippen LogP contribution in [-0.4, -0.2) is 41.1 Å². The van der Waals surface area contributed by atoms with Crippen LogP contribution in [-0.2, 0) is 21.8 Å². The van der Waals surface area contributed by atoms with E-state index in [2.05, 4.69) is 30.1 Å². The lowest BCUT2D eigenvalue weighted by atomic mass is 9.89. The number of carbonyl (C=O) groups excluding carboxylic acids is 2. The number of halogens is 1. The van der Waals surface area contributed by atoms with Gasteiger partial charge in [-0.25, -0.2) is 9.37 Å². The number of ketones is 1. The zero-order chi connectivity index (χ0) is 27.2. The second kappa shape index (κ2) is 12.2. The summed E-state index contributed by atoms with van der Waals surface area (Å²) in [7, 11) is -1.25. The third kappa shape index (κ3) is 7.05. The van der Waals surface area contributed by atoms with Gasteiger partial charge in [-0.3, -0.25) is 9.59 Å². The van der Waals surface area contributed by atoms with Crippen LogP contribution in [0.1, 0.15) is 61.3 Å². The maximum atomic E-state index is 14.7. The van der Waals surface area contributed by atoms with Gasteiger partial charge in [0.1, 0.15) is 30.3 Å². The number of nitrogens with zero attached hydrogens (tertiary/aromatic N) is 3. The van der Waals surface area contributed by atoms with Crippen molar-refractivity contribution in [2.75, 3.05) is 6.61 Å². The number of nitrogens with one attached hydrogen (secondary N) is 1. The lowest BCUT2D eigenvalue weighted by Gasteiger charge is -2.29. The third-order valence-electron chi connectivity index (χ3n) is 6.97. The van der Waals surface area contributed by atoms with Gasteiger partial charge < -0.3 is 19.1 Å². The summed E-state index contributed by atoms with van der Waals surface area (Å²) in [5.41, 5.74) is 0.617. The highest BCUT2D eigenvalue weighted by atomic mass is 28.3. The van der Waals surface area contributed by atoms with Crippen molar-refractivity contribution in [2.45, 2.75) is 82.9 Å². The molecule has 1 aliphatic heterocycles. The summed E-state index contributed by atoms with van der Waals surface area (Å²) in [5, 5.41) is 6.89. The number of hydrogen-bond donors (Lipinski definition) is 1. The minimum atomic E-state index is -1.25. The van der Waals surface area contributed by atoms with E-state index in [0.29, 0.717) is 61.5 Å². The van der Waals surface area contributed by atoms with Crippen LogP contribution in [0.2, 0.25) is 25.7 Å². The number of hydrogen-bond acceptors (Lipinski definition) is 6. The molecule has 1 amide bonds. The van der Waals surface area contributed by atoms with E-state index in [-0.39, 0.29) is 24.2 Å². The highest BCUT2D eigenvalue weighted by Gasteiger charge is 2.42. The van der Waals surface area contributed by atoms with Crippen molar-refractivity contribution in [2.24, 2.45) is 0 Å². The minimum Gasteiger partial charge on any atom is -0.364 e. The van der Waals surface area contributed by atoms with Gasteiger partial charge in [0.05, 0.1) is 11.2 Å². The van der Waals surface area contributed by atoms with Crippen molar-refractivity contribution in [3.8, 4) is 11.3 Å². The van der Waals surface area contributed by atoms with Gasteiger partial charge in [-0.1, -0.05) is 49.8 Å². The Bertz CT molecular complexity index is 1240. The molecule has 1 fully saturated rings. The molecule has 2 aromatic heterocycles. The van der Waals surface area contributed by atoms with E-state index >= 15 is 0 Å². The first-order chi connectivity index (χ1) is 18.2. The quantitative estimate of drug-likeness (QED) is 0.155. The average molecular weight is 541 g/mol. The van der Waals surface area contributed by atoms with E-state index in [1.807, 2.05) is 10.8 Å². The van der Waals surface area contributed by atoms with Crippen molar-refractivity contribution < 1.29 is 23.2 Å². The molecule has 0 aliphatic carbocycles. The molecular formula is C28H37FN4O4Si. The van der Waals surface area contributed by atoms with Gasteiger partial charge in [-0.2, -0.15) is 0 Å². The fourth-order valence-electron chi connectivity index (χ4n) is 4.80. The van der Waals surface area contributed by atoms with Gasteiger partial charge in [0, 0.05) is 45.3 Å². The summed E-state index contributed by atoms with van der Waals surface area (Å²) in [4.78, 5) is 29.6. The van der Waals surface area contributed by atoms with Gasteiger partial charge in [0.2, 0.25) is 5.91 Å². The van der Waals surface area contributed by atoms with Gasteiger partial charge in [0.25, 0.3) is 0 Å². The summed E-state index contributed by atoms with van der Waals surface area (Å²) in [6, 6.07) is 9.18. The predicted molar refractivity (Wildman–Crippen MR) is 145 cm³/mol. The number of imidazole rings is 1. The van der Waals surface area contributed by atoms with Crippen LogP contribution in [0.25, 0.3) is 11.3 Å². The molecule has 0 saturated carbocycles. The molecule has 3 aromatic rings. The molecule has 8 nitrogen and oxygen atoms in total. The third-order valence-corrected chi connectivity index (χ3v) is 8.67. The van der Waals surface area contributed by atoms with E-state index in [0.717, 1.165) is 18.9 Å². The Labute approximate surface area is 224 Å². The normalized spacial score (nSPS) is 17.6.